The van der Waals surface area contributed by atoms with Crippen LogP contribution in [-0.2, 0) is 29.7 Å². The molecule has 0 bridgehead atoms. The standard InChI is InChI=1S/C33H35N5O2/c34-20-23-6-5-7-24(18-23)21-36-31(39)30(19-26-22-35-29-11-4-2-9-27(26)29)37-32(40)38-16-14-33(15-17-38)13-12-25-8-1-3-10-28(25)33/h1-13,18,22,30,35H,14-17,19-21,34H2,(H,36,39)(H,37,40). The van der Waals surface area contributed by atoms with Crippen molar-refractivity contribution in [3.63, 3.8) is 0 Å². The number of hydrogen-bond donors (Lipinski definition) is 4. The lowest BCUT2D eigenvalue weighted by atomic mass is 9.74. The maximum absolute atomic E-state index is 13.5. The topological polar surface area (TPSA) is 103 Å². The lowest BCUT2D eigenvalue weighted by Crippen LogP contribution is -2.54. The van der Waals surface area contributed by atoms with Crippen LogP contribution in [0.3, 0.4) is 0 Å². The molecular formula is C33H35N5O2. The number of nitrogens with one attached hydrogen (secondary N) is 3. The van der Waals surface area contributed by atoms with Crippen molar-refractivity contribution in [1.29, 1.82) is 0 Å². The molecular weight excluding hydrogens is 498 g/mol. The summed E-state index contributed by atoms with van der Waals surface area (Å²) >= 11 is 0. The number of piperidine rings is 1. The first-order chi connectivity index (χ1) is 19.5. The van der Waals surface area contributed by atoms with Gasteiger partial charge in [0.15, 0.2) is 0 Å². The van der Waals surface area contributed by atoms with E-state index in [0.717, 1.165) is 40.4 Å². The maximum Gasteiger partial charge on any atom is 0.318 e. The van der Waals surface area contributed by atoms with Crippen LogP contribution in [0.2, 0.25) is 0 Å². The number of carbonyl (C=O) groups excluding carboxylic acids is 2. The number of likely N-dealkylation sites (tertiary alicyclic amines) is 1. The molecule has 40 heavy (non-hydrogen) atoms. The summed E-state index contributed by atoms with van der Waals surface area (Å²) in [5.74, 6) is -0.210. The lowest BCUT2D eigenvalue weighted by Gasteiger charge is -2.39. The Morgan fingerprint density at radius 1 is 0.975 bits per heavy atom. The number of nitrogens with two attached hydrogens (primary N) is 1. The number of fused-ring (bicyclic) bond motifs is 3. The van der Waals surface area contributed by atoms with Crippen molar-refractivity contribution in [2.75, 3.05) is 13.1 Å². The molecule has 1 atom stereocenters. The van der Waals surface area contributed by atoms with Crippen LogP contribution < -0.4 is 16.4 Å². The van der Waals surface area contributed by atoms with E-state index in [1.165, 1.54) is 11.1 Å². The zero-order valence-electron chi connectivity index (χ0n) is 22.5. The molecule has 3 amide bonds. The van der Waals surface area contributed by atoms with Gasteiger partial charge in [0.05, 0.1) is 0 Å². The molecule has 2 heterocycles. The highest BCUT2D eigenvalue weighted by Gasteiger charge is 2.39. The molecule has 7 heteroatoms. The van der Waals surface area contributed by atoms with Gasteiger partial charge in [0.25, 0.3) is 0 Å². The van der Waals surface area contributed by atoms with Gasteiger partial charge in [-0.15, -0.1) is 0 Å². The highest BCUT2D eigenvalue weighted by atomic mass is 16.2. The van der Waals surface area contributed by atoms with Crippen LogP contribution >= 0.6 is 0 Å². The molecule has 1 aliphatic carbocycles. The van der Waals surface area contributed by atoms with E-state index in [1.807, 2.05) is 59.6 Å². The van der Waals surface area contributed by atoms with Gasteiger partial charge >= 0.3 is 6.03 Å². The minimum atomic E-state index is -0.715. The van der Waals surface area contributed by atoms with Crippen molar-refractivity contribution < 1.29 is 9.59 Å². The van der Waals surface area contributed by atoms with Crippen LogP contribution in [-0.4, -0.2) is 41.0 Å². The number of allylic oxidation sites excluding steroid dienone is 1. The molecule has 1 aromatic heterocycles. The first-order valence-electron chi connectivity index (χ1n) is 14.0. The van der Waals surface area contributed by atoms with Gasteiger partial charge in [0, 0.05) is 55.1 Å². The first kappa shape index (κ1) is 25.9. The molecule has 1 fully saturated rings. The number of aromatic nitrogens is 1. The summed E-state index contributed by atoms with van der Waals surface area (Å²) in [6.45, 7) is 2.08. The second-order valence-corrected chi connectivity index (χ2v) is 10.9. The summed E-state index contributed by atoms with van der Waals surface area (Å²) in [5, 5.41) is 7.16. The summed E-state index contributed by atoms with van der Waals surface area (Å²) in [4.78, 5) is 32.1. The van der Waals surface area contributed by atoms with Gasteiger partial charge < -0.3 is 26.3 Å². The number of amides is 3. The monoisotopic (exact) mass is 533 g/mol. The van der Waals surface area contributed by atoms with E-state index in [-0.39, 0.29) is 17.4 Å². The molecule has 1 spiro atoms. The smallest absolute Gasteiger partial charge is 0.318 e. The van der Waals surface area contributed by atoms with Gasteiger partial charge in [-0.2, -0.15) is 0 Å². The predicted molar refractivity (Wildman–Crippen MR) is 158 cm³/mol. The molecule has 0 saturated carbocycles. The summed E-state index contributed by atoms with van der Waals surface area (Å²) in [5.41, 5.74) is 12.4. The fourth-order valence-electron chi connectivity index (χ4n) is 6.13. The van der Waals surface area contributed by atoms with Crippen LogP contribution in [0, 0.1) is 0 Å². The number of nitrogens with zero attached hydrogens (tertiary/aromatic N) is 1. The summed E-state index contributed by atoms with van der Waals surface area (Å²) in [6, 6.07) is 23.5. The van der Waals surface area contributed by atoms with Crippen molar-refractivity contribution in [3.8, 4) is 0 Å². The molecule has 4 aromatic rings. The first-order valence-corrected chi connectivity index (χ1v) is 14.0. The van der Waals surface area contributed by atoms with E-state index in [2.05, 4.69) is 52.0 Å². The Kier molecular flexibility index (Phi) is 7.13. The third-order valence-electron chi connectivity index (χ3n) is 8.43. The van der Waals surface area contributed by atoms with E-state index in [9.17, 15) is 9.59 Å². The molecule has 204 valence electrons. The fraction of sp³-hybridized carbons (Fsp3) is 0.273. The lowest BCUT2D eigenvalue weighted by molar-refractivity contribution is -0.123. The quantitative estimate of drug-likeness (QED) is 0.279. The number of carbonyl (C=O) groups is 2. The Balaban J connectivity index is 1.16. The van der Waals surface area contributed by atoms with E-state index >= 15 is 0 Å². The van der Waals surface area contributed by atoms with E-state index in [1.54, 1.807) is 0 Å². The van der Waals surface area contributed by atoms with Crippen molar-refractivity contribution in [2.45, 2.75) is 43.8 Å². The molecule has 1 aliphatic heterocycles. The number of aromatic amines is 1. The van der Waals surface area contributed by atoms with Crippen LogP contribution in [0.1, 0.15) is 40.7 Å². The zero-order chi connectivity index (χ0) is 27.5. The molecule has 5 N–H and O–H groups in total. The van der Waals surface area contributed by atoms with E-state index in [4.69, 9.17) is 5.73 Å². The van der Waals surface area contributed by atoms with Crippen molar-refractivity contribution in [2.24, 2.45) is 5.73 Å². The van der Waals surface area contributed by atoms with Crippen molar-refractivity contribution in [1.82, 2.24) is 20.5 Å². The molecule has 7 nitrogen and oxygen atoms in total. The molecule has 0 radical (unpaired) electrons. The van der Waals surface area contributed by atoms with Crippen LogP contribution in [0.4, 0.5) is 4.79 Å². The normalized spacial score (nSPS) is 16.2. The van der Waals surface area contributed by atoms with Crippen molar-refractivity contribution in [3.05, 3.63) is 113 Å². The minimum Gasteiger partial charge on any atom is -0.361 e. The molecule has 1 unspecified atom stereocenters. The largest absolute Gasteiger partial charge is 0.361 e. The number of benzene rings is 3. The molecule has 1 saturated heterocycles. The zero-order valence-corrected chi connectivity index (χ0v) is 22.5. The third kappa shape index (κ3) is 5.12. The summed E-state index contributed by atoms with van der Waals surface area (Å²) in [6.07, 6.45) is 8.56. The number of para-hydroxylation sites is 1. The number of H-pyrrole nitrogens is 1. The average molecular weight is 534 g/mol. The average Bonchev–Trinajstić information content (AvgIpc) is 3.57. The summed E-state index contributed by atoms with van der Waals surface area (Å²) < 4.78 is 0. The Bertz CT molecular complexity index is 1560. The van der Waals surface area contributed by atoms with E-state index in [0.29, 0.717) is 32.6 Å². The van der Waals surface area contributed by atoms with Crippen molar-refractivity contribution >= 4 is 28.9 Å². The van der Waals surface area contributed by atoms with Gasteiger partial charge in [-0.25, -0.2) is 4.79 Å². The second kappa shape index (κ2) is 11.0. The Labute approximate surface area is 234 Å². The van der Waals surface area contributed by atoms with Gasteiger partial charge in [-0.3, -0.25) is 4.79 Å². The Morgan fingerprint density at radius 2 is 1.75 bits per heavy atom. The van der Waals surface area contributed by atoms with Gasteiger partial charge in [-0.05, 0) is 46.7 Å². The van der Waals surface area contributed by atoms with Crippen LogP contribution in [0.5, 0.6) is 0 Å². The van der Waals surface area contributed by atoms with Crippen LogP contribution in [0.15, 0.2) is 85.1 Å². The third-order valence-corrected chi connectivity index (χ3v) is 8.43. The minimum absolute atomic E-state index is 0.00768. The highest BCUT2D eigenvalue weighted by molar-refractivity contribution is 5.89. The summed E-state index contributed by atoms with van der Waals surface area (Å²) in [7, 11) is 0. The van der Waals surface area contributed by atoms with Gasteiger partial charge in [0.1, 0.15) is 6.04 Å². The molecule has 3 aromatic carbocycles. The second-order valence-electron chi connectivity index (χ2n) is 10.9. The number of urea groups is 1. The number of hydrogen-bond acceptors (Lipinski definition) is 3. The molecule has 6 rings (SSSR count). The maximum atomic E-state index is 13.5. The Morgan fingerprint density at radius 3 is 2.60 bits per heavy atom. The highest BCUT2D eigenvalue weighted by Crippen LogP contribution is 2.43. The number of rotatable bonds is 7. The molecule has 2 aliphatic rings. The van der Waals surface area contributed by atoms with E-state index < -0.39 is 6.04 Å². The SMILES string of the molecule is NCc1cccc(CNC(=O)C(Cc2c[nH]c3ccccc23)NC(=O)N2CCC3(C=Cc4ccccc43)CC2)c1. The van der Waals surface area contributed by atoms with Gasteiger partial charge in [0.2, 0.25) is 5.91 Å². The predicted octanol–water partition coefficient (Wildman–Crippen LogP) is 4.62. The Hall–Kier alpha value is -4.36. The van der Waals surface area contributed by atoms with Crippen LogP contribution in [0.25, 0.3) is 17.0 Å². The van der Waals surface area contributed by atoms with Gasteiger partial charge in [-0.1, -0.05) is 78.9 Å². The fourth-order valence-corrected chi connectivity index (χ4v) is 6.13.